The number of carbonyl (C=O) groups excluding carboxylic acids is 1. The topological polar surface area (TPSA) is 110 Å². The first-order chi connectivity index (χ1) is 16.1. The molecule has 5 aromatic rings. The number of aromatic nitrogens is 3. The maximum absolute atomic E-state index is 13.4. The quantitative estimate of drug-likeness (QED) is 0.359. The van der Waals surface area contributed by atoms with Gasteiger partial charge < -0.3 is 15.2 Å². The van der Waals surface area contributed by atoms with Crippen molar-refractivity contribution in [1.82, 2.24) is 15.1 Å². The molecule has 0 fully saturated rings. The zero-order valence-corrected chi connectivity index (χ0v) is 17.5. The number of nitrogens with two attached hydrogens (primary N) is 1. The van der Waals surface area contributed by atoms with Crippen LogP contribution in [0.4, 0.5) is 10.3 Å². The summed E-state index contributed by atoms with van der Waals surface area (Å²) < 4.78 is 18.9. The van der Waals surface area contributed by atoms with Crippen molar-refractivity contribution in [2.75, 3.05) is 5.32 Å². The first kappa shape index (κ1) is 20.6. The standard InChI is InChI=1S/C25H20FN5O2/c26-18-7-5-16(6-8-18)23-22(15-9-11-28-12-10-15)25(33-31-23)30-24(32)20(27)13-17-14-29-21-4-2-1-3-19(17)21/h1-12,14,20,29H,13,27H2,(H,30,32)/t20-/m0/s1. The van der Waals surface area contributed by atoms with E-state index in [1.54, 1.807) is 36.7 Å². The number of nitrogens with zero attached hydrogens (tertiary/aromatic N) is 2. The summed E-state index contributed by atoms with van der Waals surface area (Å²) in [6.07, 6.45) is 5.47. The van der Waals surface area contributed by atoms with Gasteiger partial charge in [0.1, 0.15) is 11.5 Å². The Morgan fingerprint density at radius 1 is 1.06 bits per heavy atom. The third-order valence-electron chi connectivity index (χ3n) is 5.47. The Labute approximate surface area is 188 Å². The second-order valence-electron chi connectivity index (χ2n) is 7.64. The average Bonchev–Trinajstić information content (AvgIpc) is 3.44. The molecule has 0 unspecified atom stereocenters. The summed E-state index contributed by atoms with van der Waals surface area (Å²) >= 11 is 0. The van der Waals surface area contributed by atoms with Crippen LogP contribution in [0.1, 0.15) is 5.56 Å². The first-order valence-corrected chi connectivity index (χ1v) is 10.4. The van der Waals surface area contributed by atoms with Gasteiger partial charge in [-0.1, -0.05) is 23.4 Å². The highest BCUT2D eigenvalue weighted by Crippen LogP contribution is 2.37. The Kier molecular flexibility index (Phi) is 5.42. The third kappa shape index (κ3) is 4.11. The van der Waals surface area contributed by atoms with Crippen LogP contribution in [0.3, 0.4) is 0 Å². The van der Waals surface area contributed by atoms with Gasteiger partial charge in [0, 0.05) is 35.1 Å². The summed E-state index contributed by atoms with van der Waals surface area (Å²) in [7, 11) is 0. The molecule has 0 bridgehead atoms. The van der Waals surface area contributed by atoms with E-state index in [1.807, 2.05) is 30.5 Å². The summed E-state index contributed by atoms with van der Waals surface area (Å²) in [5.41, 5.74) is 10.6. The summed E-state index contributed by atoms with van der Waals surface area (Å²) in [4.78, 5) is 20.2. The monoisotopic (exact) mass is 441 g/mol. The summed E-state index contributed by atoms with van der Waals surface area (Å²) in [6.45, 7) is 0. The number of fused-ring (bicyclic) bond motifs is 1. The van der Waals surface area contributed by atoms with Crippen LogP contribution in [-0.4, -0.2) is 27.1 Å². The van der Waals surface area contributed by atoms with Crippen LogP contribution >= 0.6 is 0 Å². The molecule has 164 valence electrons. The van der Waals surface area contributed by atoms with Crippen LogP contribution in [-0.2, 0) is 11.2 Å². The van der Waals surface area contributed by atoms with Crippen molar-refractivity contribution in [3.8, 4) is 22.4 Å². The van der Waals surface area contributed by atoms with E-state index in [9.17, 15) is 9.18 Å². The maximum atomic E-state index is 13.4. The highest BCUT2D eigenvalue weighted by molar-refractivity contribution is 5.99. The Balaban J connectivity index is 1.44. The maximum Gasteiger partial charge on any atom is 0.244 e. The number of hydrogen-bond acceptors (Lipinski definition) is 5. The van der Waals surface area contributed by atoms with E-state index in [-0.39, 0.29) is 11.7 Å². The Morgan fingerprint density at radius 2 is 1.82 bits per heavy atom. The van der Waals surface area contributed by atoms with Gasteiger partial charge in [-0.15, -0.1) is 0 Å². The molecule has 3 aromatic heterocycles. The van der Waals surface area contributed by atoms with Crippen LogP contribution in [0, 0.1) is 5.82 Å². The summed E-state index contributed by atoms with van der Waals surface area (Å²) in [5, 5.41) is 7.94. The van der Waals surface area contributed by atoms with E-state index in [2.05, 4.69) is 20.4 Å². The predicted octanol–water partition coefficient (Wildman–Crippen LogP) is 4.53. The van der Waals surface area contributed by atoms with Crippen LogP contribution in [0.2, 0.25) is 0 Å². The molecule has 33 heavy (non-hydrogen) atoms. The van der Waals surface area contributed by atoms with Gasteiger partial charge in [-0.05, 0) is 60.0 Å². The lowest BCUT2D eigenvalue weighted by atomic mass is 10.0. The minimum atomic E-state index is -0.811. The second-order valence-corrected chi connectivity index (χ2v) is 7.64. The fourth-order valence-electron chi connectivity index (χ4n) is 3.80. The molecule has 5 rings (SSSR count). The zero-order valence-electron chi connectivity index (χ0n) is 17.5. The molecular weight excluding hydrogens is 421 g/mol. The van der Waals surface area contributed by atoms with E-state index >= 15 is 0 Å². The molecule has 8 heteroatoms. The van der Waals surface area contributed by atoms with Gasteiger partial charge in [0.05, 0.1) is 11.6 Å². The number of pyridine rings is 1. The molecule has 3 heterocycles. The SMILES string of the molecule is N[C@@H](Cc1c[nH]c2ccccc12)C(=O)Nc1onc(-c2ccc(F)cc2)c1-c1ccncc1. The minimum absolute atomic E-state index is 0.167. The minimum Gasteiger partial charge on any atom is -0.361 e. The summed E-state index contributed by atoms with van der Waals surface area (Å²) in [6, 6.07) is 16.5. The lowest BCUT2D eigenvalue weighted by molar-refractivity contribution is -0.117. The normalized spacial score (nSPS) is 12.1. The number of aromatic amines is 1. The van der Waals surface area contributed by atoms with Crippen molar-refractivity contribution in [3.05, 3.63) is 90.6 Å². The van der Waals surface area contributed by atoms with Crippen molar-refractivity contribution in [2.24, 2.45) is 5.73 Å². The van der Waals surface area contributed by atoms with E-state index in [4.69, 9.17) is 10.3 Å². The van der Waals surface area contributed by atoms with Gasteiger partial charge in [0.15, 0.2) is 0 Å². The number of amides is 1. The van der Waals surface area contributed by atoms with Crippen molar-refractivity contribution in [3.63, 3.8) is 0 Å². The van der Waals surface area contributed by atoms with Gasteiger partial charge in [-0.25, -0.2) is 4.39 Å². The molecule has 0 radical (unpaired) electrons. The number of nitrogens with one attached hydrogen (secondary N) is 2. The highest BCUT2D eigenvalue weighted by atomic mass is 19.1. The van der Waals surface area contributed by atoms with Crippen LogP contribution in [0.15, 0.2) is 83.8 Å². The molecule has 4 N–H and O–H groups in total. The smallest absolute Gasteiger partial charge is 0.244 e. The molecule has 0 aliphatic heterocycles. The van der Waals surface area contributed by atoms with Crippen LogP contribution in [0.25, 0.3) is 33.3 Å². The number of H-pyrrole nitrogens is 1. The molecule has 1 amide bonds. The van der Waals surface area contributed by atoms with Crippen LogP contribution in [0.5, 0.6) is 0 Å². The molecule has 0 spiro atoms. The number of rotatable bonds is 6. The first-order valence-electron chi connectivity index (χ1n) is 10.4. The van der Waals surface area contributed by atoms with Crippen molar-refractivity contribution >= 4 is 22.7 Å². The number of halogens is 1. The van der Waals surface area contributed by atoms with E-state index in [1.165, 1.54) is 12.1 Å². The lowest BCUT2D eigenvalue weighted by Gasteiger charge is -2.11. The fraction of sp³-hybridized carbons (Fsp3) is 0.0800. The highest BCUT2D eigenvalue weighted by Gasteiger charge is 2.24. The molecule has 0 saturated heterocycles. The lowest BCUT2D eigenvalue weighted by Crippen LogP contribution is -2.37. The number of carbonyl (C=O) groups is 1. The van der Waals surface area contributed by atoms with Crippen molar-refractivity contribution in [2.45, 2.75) is 12.5 Å². The van der Waals surface area contributed by atoms with Crippen molar-refractivity contribution < 1.29 is 13.7 Å². The fourth-order valence-corrected chi connectivity index (χ4v) is 3.80. The van der Waals surface area contributed by atoms with E-state index in [0.717, 1.165) is 22.0 Å². The van der Waals surface area contributed by atoms with Gasteiger partial charge in [0.2, 0.25) is 11.8 Å². The Morgan fingerprint density at radius 3 is 2.61 bits per heavy atom. The molecular formula is C25H20FN5O2. The number of anilines is 1. The Hall–Kier alpha value is -4.30. The largest absolute Gasteiger partial charge is 0.361 e. The van der Waals surface area contributed by atoms with Gasteiger partial charge in [-0.3, -0.25) is 15.1 Å². The molecule has 0 aliphatic carbocycles. The number of benzene rings is 2. The van der Waals surface area contributed by atoms with E-state index < -0.39 is 11.9 Å². The number of para-hydroxylation sites is 1. The van der Waals surface area contributed by atoms with Gasteiger partial charge >= 0.3 is 0 Å². The number of hydrogen-bond donors (Lipinski definition) is 3. The molecule has 0 aliphatic rings. The van der Waals surface area contributed by atoms with E-state index in [0.29, 0.717) is 23.2 Å². The molecule has 0 saturated carbocycles. The molecule has 1 atom stereocenters. The average molecular weight is 441 g/mol. The molecule has 2 aromatic carbocycles. The molecule has 7 nitrogen and oxygen atoms in total. The van der Waals surface area contributed by atoms with Crippen LogP contribution < -0.4 is 11.1 Å². The van der Waals surface area contributed by atoms with Gasteiger partial charge in [0.25, 0.3) is 0 Å². The van der Waals surface area contributed by atoms with Crippen molar-refractivity contribution in [1.29, 1.82) is 0 Å². The Bertz CT molecular complexity index is 1410. The third-order valence-corrected chi connectivity index (χ3v) is 5.47. The predicted molar refractivity (Wildman–Crippen MR) is 124 cm³/mol. The summed E-state index contributed by atoms with van der Waals surface area (Å²) in [5.74, 6) is -0.596. The zero-order chi connectivity index (χ0) is 22.8. The second kappa shape index (κ2) is 8.68. The van der Waals surface area contributed by atoms with Gasteiger partial charge in [-0.2, -0.15) is 0 Å².